The lowest BCUT2D eigenvalue weighted by Crippen LogP contribution is -2.53. The number of aliphatic hydroxyl groups excluding tert-OH is 3. The van der Waals surface area contributed by atoms with Gasteiger partial charge in [-0.15, -0.1) is 0 Å². The van der Waals surface area contributed by atoms with E-state index in [1.54, 1.807) is 0 Å². The fraction of sp³-hybridized carbons (Fsp3) is 0.810. The van der Waals surface area contributed by atoms with Crippen LogP contribution in [0.1, 0.15) is 71.1 Å². The van der Waals surface area contributed by atoms with Gasteiger partial charge in [0.05, 0.1) is 13.2 Å². The third-order valence-electron chi connectivity index (χ3n) is 4.91. The lowest BCUT2D eigenvalue weighted by atomic mass is 10.1. The van der Waals surface area contributed by atoms with E-state index in [4.69, 9.17) is 14.2 Å². The van der Waals surface area contributed by atoms with Gasteiger partial charge >= 0.3 is 29.7 Å². The number of carbonyl (C=O) groups excluding carboxylic acids is 4. The number of aliphatic hydroxyl groups is 3. The molecule has 0 spiro atoms. The molecular formula is C21H34O11. The van der Waals surface area contributed by atoms with E-state index in [0.29, 0.717) is 6.42 Å². The molecule has 3 unspecified atom stereocenters. The average molecular weight is 462 g/mol. The second-order valence-corrected chi connectivity index (χ2v) is 7.57. The summed E-state index contributed by atoms with van der Waals surface area (Å²) in [5.74, 6) is -8.13. The molecule has 0 aromatic carbocycles. The number of hydrogen-bond acceptors (Lipinski definition) is 11. The molecule has 1 saturated heterocycles. The molecule has 32 heavy (non-hydrogen) atoms. The lowest BCUT2D eigenvalue weighted by Gasteiger charge is -2.28. The van der Waals surface area contributed by atoms with Gasteiger partial charge in [-0.1, -0.05) is 58.3 Å². The van der Waals surface area contributed by atoms with Crippen molar-refractivity contribution in [2.24, 2.45) is 0 Å². The average Bonchev–Trinajstić information content (AvgIpc) is 2.81. The van der Waals surface area contributed by atoms with E-state index in [9.17, 15) is 34.5 Å². The van der Waals surface area contributed by atoms with Crippen molar-refractivity contribution in [2.45, 2.75) is 89.1 Å². The van der Waals surface area contributed by atoms with E-state index in [0.717, 1.165) is 25.7 Å². The summed E-state index contributed by atoms with van der Waals surface area (Å²) in [5, 5.41) is 28.2. The highest BCUT2D eigenvalue weighted by atomic mass is 16.8. The van der Waals surface area contributed by atoms with Gasteiger partial charge < -0.3 is 34.3 Å². The summed E-state index contributed by atoms with van der Waals surface area (Å²) >= 11 is 0. The standard InChI is InChI=1S/C21H34O11/c1-2-3-4-5-6-7-8-9-10-11-17(25)31-21(14-24)20(28)30-15(12-22)18(26)29-16(13-23)19(27)32-21/h15-16,22-24H,2-14H2,1H3. The molecule has 3 atom stereocenters. The van der Waals surface area contributed by atoms with E-state index < -0.39 is 61.7 Å². The number of esters is 4. The molecule has 0 amide bonds. The molecule has 0 radical (unpaired) electrons. The minimum atomic E-state index is -2.89. The first-order valence-electron chi connectivity index (χ1n) is 11.0. The first-order valence-corrected chi connectivity index (χ1v) is 11.0. The molecule has 3 N–H and O–H groups in total. The quantitative estimate of drug-likeness (QED) is 0.187. The Balaban J connectivity index is 2.68. The maximum absolute atomic E-state index is 12.5. The molecule has 11 heteroatoms. The van der Waals surface area contributed by atoms with Gasteiger partial charge in [-0.3, -0.25) is 4.79 Å². The minimum Gasteiger partial charge on any atom is -0.445 e. The summed E-state index contributed by atoms with van der Waals surface area (Å²) < 4.78 is 19.1. The summed E-state index contributed by atoms with van der Waals surface area (Å²) in [6.07, 6.45) is 5.27. The van der Waals surface area contributed by atoms with Crippen LogP contribution >= 0.6 is 0 Å². The highest BCUT2D eigenvalue weighted by Gasteiger charge is 2.52. The molecule has 0 aromatic heterocycles. The summed E-state index contributed by atoms with van der Waals surface area (Å²) in [6.45, 7) is -1.16. The van der Waals surface area contributed by atoms with Crippen molar-refractivity contribution in [1.29, 1.82) is 0 Å². The molecule has 0 aromatic rings. The molecule has 11 nitrogen and oxygen atoms in total. The number of unbranched alkanes of at least 4 members (excludes halogenated alkanes) is 8. The van der Waals surface area contributed by atoms with Crippen LogP contribution < -0.4 is 0 Å². The van der Waals surface area contributed by atoms with Crippen molar-refractivity contribution in [3.63, 3.8) is 0 Å². The Kier molecular flexibility index (Phi) is 12.8. The topological polar surface area (TPSA) is 166 Å². The number of ether oxygens (including phenoxy) is 4. The zero-order chi connectivity index (χ0) is 24.0. The number of carbonyl (C=O) groups is 4. The molecular weight excluding hydrogens is 428 g/mol. The van der Waals surface area contributed by atoms with Crippen LogP contribution in [0.5, 0.6) is 0 Å². The predicted octanol–water partition coefficient (Wildman–Crippen LogP) is 0.504. The molecule has 1 fully saturated rings. The van der Waals surface area contributed by atoms with Crippen molar-refractivity contribution in [3.8, 4) is 0 Å². The van der Waals surface area contributed by atoms with Crippen LogP contribution in [0.4, 0.5) is 0 Å². The monoisotopic (exact) mass is 462 g/mol. The van der Waals surface area contributed by atoms with Crippen LogP contribution in [0, 0.1) is 0 Å². The fourth-order valence-corrected chi connectivity index (χ4v) is 3.03. The SMILES string of the molecule is CCCCCCCCCCCC(=O)OC1(CO)OC(=O)C(CO)OC(=O)C(CO)OC1=O. The zero-order valence-corrected chi connectivity index (χ0v) is 18.5. The van der Waals surface area contributed by atoms with Crippen LogP contribution in [-0.2, 0) is 38.1 Å². The normalized spacial score (nSPS) is 23.9. The molecule has 1 rings (SSSR count). The van der Waals surface area contributed by atoms with Gasteiger partial charge in [-0.05, 0) is 6.42 Å². The van der Waals surface area contributed by atoms with Crippen molar-refractivity contribution >= 4 is 23.9 Å². The van der Waals surface area contributed by atoms with Gasteiger partial charge in [0.1, 0.15) is 6.61 Å². The Morgan fingerprint density at radius 3 is 1.91 bits per heavy atom. The molecule has 0 saturated carbocycles. The minimum absolute atomic E-state index is 0.106. The highest BCUT2D eigenvalue weighted by molar-refractivity contribution is 5.90. The Hall–Kier alpha value is -2.24. The number of rotatable bonds is 14. The zero-order valence-electron chi connectivity index (χ0n) is 18.5. The second-order valence-electron chi connectivity index (χ2n) is 7.57. The Bertz CT molecular complexity index is 619. The Labute approximate surface area is 187 Å². The first kappa shape index (κ1) is 27.8. The summed E-state index contributed by atoms with van der Waals surface area (Å²) in [6, 6.07) is 0. The van der Waals surface area contributed by atoms with Gasteiger partial charge in [-0.25, -0.2) is 14.4 Å². The van der Waals surface area contributed by atoms with Crippen molar-refractivity contribution in [1.82, 2.24) is 0 Å². The molecule has 1 aliphatic heterocycles. The molecule has 1 aliphatic rings. The summed E-state index contributed by atoms with van der Waals surface area (Å²) in [4.78, 5) is 48.8. The maximum atomic E-state index is 12.5. The van der Waals surface area contributed by atoms with Crippen LogP contribution in [-0.4, -0.2) is 77.0 Å². The van der Waals surface area contributed by atoms with Gasteiger partial charge in [-0.2, -0.15) is 0 Å². The fourth-order valence-electron chi connectivity index (χ4n) is 3.03. The lowest BCUT2D eigenvalue weighted by molar-refractivity contribution is -0.251. The summed E-state index contributed by atoms with van der Waals surface area (Å²) in [7, 11) is 0. The van der Waals surface area contributed by atoms with E-state index in [1.807, 2.05) is 0 Å². The molecule has 184 valence electrons. The molecule has 0 bridgehead atoms. The first-order chi connectivity index (χ1) is 15.3. The molecule has 1 heterocycles. The van der Waals surface area contributed by atoms with Crippen molar-refractivity contribution in [3.05, 3.63) is 0 Å². The van der Waals surface area contributed by atoms with Crippen LogP contribution in [0.3, 0.4) is 0 Å². The smallest absolute Gasteiger partial charge is 0.396 e. The van der Waals surface area contributed by atoms with E-state index in [1.165, 1.54) is 25.7 Å². The highest BCUT2D eigenvalue weighted by Crippen LogP contribution is 2.22. The van der Waals surface area contributed by atoms with Gasteiger partial charge in [0, 0.05) is 6.42 Å². The Morgan fingerprint density at radius 1 is 0.844 bits per heavy atom. The molecule has 0 aliphatic carbocycles. The van der Waals surface area contributed by atoms with Crippen LogP contribution in [0.25, 0.3) is 0 Å². The van der Waals surface area contributed by atoms with E-state index in [-0.39, 0.29) is 6.42 Å². The third kappa shape index (κ3) is 8.71. The second kappa shape index (κ2) is 14.8. The summed E-state index contributed by atoms with van der Waals surface area (Å²) in [5.41, 5.74) is 0. The predicted molar refractivity (Wildman–Crippen MR) is 108 cm³/mol. The number of cyclic esters (lactones) is 3. The van der Waals surface area contributed by atoms with Gasteiger partial charge in [0.15, 0.2) is 0 Å². The number of hydrogen-bond donors (Lipinski definition) is 3. The van der Waals surface area contributed by atoms with Crippen molar-refractivity contribution < 1.29 is 53.4 Å². The van der Waals surface area contributed by atoms with Crippen LogP contribution in [0.15, 0.2) is 0 Å². The van der Waals surface area contributed by atoms with Crippen molar-refractivity contribution in [2.75, 3.05) is 19.8 Å². The largest absolute Gasteiger partial charge is 0.445 e. The third-order valence-corrected chi connectivity index (χ3v) is 4.91. The van der Waals surface area contributed by atoms with Gasteiger partial charge in [0.2, 0.25) is 12.2 Å². The van der Waals surface area contributed by atoms with Gasteiger partial charge in [0.25, 0.3) is 0 Å². The van der Waals surface area contributed by atoms with E-state index in [2.05, 4.69) is 11.7 Å². The van der Waals surface area contributed by atoms with E-state index >= 15 is 0 Å². The maximum Gasteiger partial charge on any atom is 0.396 e. The Morgan fingerprint density at radius 2 is 1.38 bits per heavy atom. The van der Waals surface area contributed by atoms with Crippen LogP contribution in [0.2, 0.25) is 0 Å².